The normalized spacial score (nSPS) is 11.8. The van der Waals surface area contributed by atoms with Crippen LogP contribution in [0.3, 0.4) is 0 Å². The molecule has 1 atom stereocenters. The third kappa shape index (κ3) is 2.34. The molecule has 1 heterocycles. The Morgan fingerprint density at radius 1 is 1.53 bits per heavy atom. The van der Waals surface area contributed by atoms with Gasteiger partial charge in [0, 0.05) is 5.69 Å². The number of nitriles is 1. The zero-order valence-electron chi connectivity index (χ0n) is 9.31. The molecule has 86 valence electrons. The van der Waals surface area contributed by atoms with Crippen molar-refractivity contribution in [1.29, 1.82) is 5.26 Å². The number of nitrogens with one attached hydrogen (secondary N) is 2. The fourth-order valence-electron chi connectivity index (χ4n) is 1.51. The van der Waals surface area contributed by atoms with Crippen molar-refractivity contribution < 1.29 is 0 Å². The first-order valence-corrected chi connectivity index (χ1v) is 5.12. The molecule has 0 spiro atoms. The molecule has 2 aromatic rings. The molecule has 6 heteroatoms. The number of aromatic nitrogens is 3. The lowest BCUT2D eigenvalue weighted by atomic mass is 10.1. The summed E-state index contributed by atoms with van der Waals surface area (Å²) in [5.41, 5.74) is 7.43. The Hall–Kier alpha value is -2.55. The third-order valence-electron chi connectivity index (χ3n) is 2.38. The fraction of sp³-hybridized carbons (Fsp3) is 0.182. The number of H-pyrrole nitrogens is 1. The highest BCUT2D eigenvalue weighted by atomic mass is 15.2. The average molecular weight is 228 g/mol. The number of nitrogen functional groups attached to an aromatic ring is 1. The standard InChI is InChI=1S/C11H12N6/c1-7(11-14-6-15-17-11)16-10-3-2-9(13)4-8(10)5-12/h2-4,6-7,16H,13H2,1H3,(H,14,15,17). The van der Waals surface area contributed by atoms with Crippen LogP contribution in [0.1, 0.15) is 24.4 Å². The predicted molar refractivity (Wildman–Crippen MR) is 64.0 cm³/mol. The number of hydrogen-bond donors (Lipinski definition) is 3. The average Bonchev–Trinajstić information content (AvgIpc) is 2.85. The van der Waals surface area contributed by atoms with Crippen molar-refractivity contribution >= 4 is 11.4 Å². The van der Waals surface area contributed by atoms with Crippen LogP contribution in [0, 0.1) is 11.3 Å². The van der Waals surface area contributed by atoms with E-state index in [1.807, 2.05) is 6.92 Å². The summed E-state index contributed by atoms with van der Waals surface area (Å²) in [5, 5.41) is 18.7. The quantitative estimate of drug-likeness (QED) is 0.689. The van der Waals surface area contributed by atoms with Gasteiger partial charge in [0.05, 0.1) is 17.3 Å². The lowest BCUT2D eigenvalue weighted by Crippen LogP contribution is -2.09. The first-order valence-electron chi connectivity index (χ1n) is 5.12. The molecule has 0 aliphatic heterocycles. The highest BCUT2D eigenvalue weighted by Crippen LogP contribution is 2.22. The Balaban J connectivity index is 2.22. The summed E-state index contributed by atoms with van der Waals surface area (Å²) < 4.78 is 0. The summed E-state index contributed by atoms with van der Waals surface area (Å²) in [6.07, 6.45) is 1.45. The van der Waals surface area contributed by atoms with E-state index in [4.69, 9.17) is 11.0 Å². The van der Waals surface area contributed by atoms with Gasteiger partial charge in [-0.2, -0.15) is 10.4 Å². The Morgan fingerprint density at radius 2 is 2.35 bits per heavy atom. The Labute approximate surface area is 98.5 Å². The van der Waals surface area contributed by atoms with Crippen molar-refractivity contribution in [2.24, 2.45) is 0 Å². The molecule has 0 saturated heterocycles. The van der Waals surface area contributed by atoms with Crippen molar-refractivity contribution in [2.75, 3.05) is 11.1 Å². The van der Waals surface area contributed by atoms with E-state index in [1.165, 1.54) is 6.33 Å². The van der Waals surface area contributed by atoms with Crippen LogP contribution in [-0.4, -0.2) is 15.2 Å². The van der Waals surface area contributed by atoms with E-state index < -0.39 is 0 Å². The molecule has 0 radical (unpaired) electrons. The number of aromatic amines is 1. The largest absolute Gasteiger partial charge is 0.399 e. The first-order chi connectivity index (χ1) is 8.20. The minimum absolute atomic E-state index is 0.0618. The topological polar surface area (TPSA) is 103 Å². The van der Waals surface area contributed by atoms with Crippen LogP contribution in [-0.2, 0) is 0 Å². The number of nitrogens with two attached hydrogens (primary N) is 1. The monoisotopic (exact) mass is 228 g/mol. The molecular formula is C11H12N6. The van der Waals surface area contributed by atoms with Crippen LogP contribution in [0.2, 0.25) is 0 Å². The number of benzene rings is 1. The summed E-state index contributed by atoms with van der Waals surface area (Å²) in [7, 11) is 0. The van der Waals surface area contributed by atoms with Crippen molar-refractivity contribution in [3.63, 3.8) is 0 Å². The summed E-state index contributed by atoms with van der Waals surface area (Å²) in [6, 6.07) is 7.20. The minimum atomic E-state index is -0.0618. The van der Waals surface area contributed by atoms with Crippen molar-refractivity contribution in [1.82, 2.24) is 15.2 Å². The summed E-state index contributed by atoms with van der Waals surface area (Å²) in [6.45, 7) is 1.93. The van der Waals surface area contributed by atoms with Gasteiger partial charge in [0.15, 0.2) is 0 Å². The van der Waals surface area contributed by atoms with E-state index >= 15 is 0 Å². The number of hydrogen-bond acceptors (Lipinski definition) is 5. The Bertz CT molecular complexity index is 540. The second-order valence-corrected chi connectivity index (χ2v) is 3.65. The summed E-state index contributed by atoms with van der Waals surface area (Å²) in [5.74, 6) is 0.714. The zero-order chi connectivity index (χ0) is 12.3. The van der Waals surface area contributed by atoms with Gasteiger partial charge in [0.1, 0.15) is 18.2 Å². The van der Waals surface area contributed by atoms with E-state index in [1.54, 1.807) is 18.2 Å². The van der Waals surface area contributed by atoms with Crippen LogP contribution in [0.15, 0.2) is 24.5 Å². The fourth-order valence-corrected chi connectivity index (χ4v) is 1.51. The number of anilines is 2. The predicted octanol–water partition coefficient (Wildman–Crippen LogP) is 1.43. The molecule has 0 bridgehead atoms. The maximum atomic E-state index is 9.00. The molecule has 0 saturated carbocycles. The molecule has 1 aromatic heterocycles. The second-order valence-electron chi connectivity index (χ2n) is 3.65. The molecule has 17 heavy (non-hydrogen) atoms. The second kappa shape index (κ2) is 4.53. The molecule has 6 nitrogen and oxygen atoms in total. The van der Waals surface area contributed by atoms with Gasteiger partial charge in [-0.15, -0.1) is 0 Å². The van der Waals surface area contributed by atoms with Gasteiger partial charge in [-0.3, -0.25) is 5.10 Å². The smallest absolute Gasteiger partial charge is 0.146 e. The maximum absolute atomic E-state index is 9.00. The van der Waals surface area contributed by atoms with E-state index in [9.17, 15) is 0 Å². The van der Waals surface area contributed by atoms with Crippen LogP contribution in [0.25, 0.3) is 0 Å². The number of rotatable bonds is 3. The molecule has 0 amide bonds. The molecular weight excluding hydrogens is 216 g/mol. The first kappa shape index (κ1) is 11.0. The molecule has 4 N–H and O–H groups in total. The van der Waals surface area contributed by atoms with Gasteiger partial charge < -0.3 is 11.1 Å². The molecule has 0 fully saturated rings. The van der Waals surface area contributed by atoms with Crippen molar-refractivity contribution in [2.45, 2.75) is 13.0 Å². The SMILES string of the molecule is CC(Nc1ccc(N)cc1C#N)c1ncn[nH]1. The summed E-state index contributed by atoms with van der Waals surface area (Å²) >= 11 is 0. The number of nitrogens with zero attached hydrogens (tertiary/aromatic N) is 3. The van der Waals surface area contributed by atoms with Gasteiger partial charge in [0.2, 0.25) is 0 Å². The van der Waals surface area contributed by atoms with Crippen LogP contribution >= 0.6 is 0 Å². The van der Waals surface area contributed by atoms with Gasteiger partial charge in [-0.25, -0.2) is 4.98 Å². The van der Waals surface area contributed by atoms with Gasteiger partial charge in [0.25, 0.3) is 0 Å². The lowest BCUT2D eigenvalue weighted by molar-refractivity contribution is 0.795. The van der Waals surface area contributed by atoms with Crippen molar-refractivity contribution in [3.05, 3.63) is 35.9 Å². The molecule has 2 rings (SSSR count). The molecule has 1 unspecified atom stereocenters. The van der Waals surface area contributed by atoms with Crippen LogP contribution < -0.4 is 11.1 Å². The van der Waals surface area contributed by atoms with E-state index in [0.29, 0.717) is 17.1 Å². The highest BCUT2D eigenvalue weighted by Gasteiger charge is 2.10. The Morgan fingerprint density at radius 3 is 3.00 bits per heavy atom. The van der Waals surface area contributed by atoms with E-state index in [0.717, 1.165) is 5.69 Å². The lowest BCUT2D eigenvalue weighted by Gasteiger charge is -2.13. The molecule has 0 aliphatic rings. The van der Waals surface area contributed by atoms with Gasteiger partial charge >= 0.3 is 0 Å². The minimum Gasteiger partial charge on any atom is -0.399 e. The van der Waals surface area contributed by atoms with E-state index in [2.05, 4.69) is 26.6 Å². The molecule has 0 aliphatic carbocycles. The third-order valence-corrected chi connectivity index (χ3v) is 2.38. The van der Waals surface area contributed by atoms with Crippen molar-refractivity contribution in [3.8, 4) is 6.07 Å². The molecule has 1 aromatic carbocycles. The van der Waals surface area contributed by atoms with Crippen LogP contribution in [0.5, 0.6) is 0 Å². The highest BCUT2D eigenvalue weighted by molar-refractivity contribution is 5.63. The Kier molecular flexibility index (Phi) is 2.92. The maximum Gasteiger partial charge on any atom is 0.146 e. The van der Waals surface area contributed by atoms with Crippen LogP contribution in [0.4, 0.5) is 11.4 Å². The zero-order valence-corrected chi connectivity index (χ0v) is 9.31. The van der Waals surface area contributed by atoms with Gasteiger partial charge in [-0.05, 0) is 25.1 Å². The van der Waals surface area contributed by atoms with E-state index in [-0.39, 0.29) is 6.04 Å². The van der Waals surface area contributed by atoms with Gasteiger partial charge in [-0.1, -0.05) is 0 Å². The summed E-state index contributed by atoms with van der Waals surface area (Å²) in [4.78, 5) is 4.05.